The van der Waals surface area contributed by atoms with Crippen molar-refractivity contribution in [1.82, 2.24) is 10.2 Å². The smallest absolute Gasteiger partial charge is 0.194 e. The van der Waals surface area contributed by atoms with Crippen LogP contribution in [0, 0.1) is 0 Å². The SMILES string of the molecule is CCNC(=NCCCOCC)N1CCc2cc(OC)c(OC)cc2C1. The predicted octanol–water partition coefficient (Wildman–Crippen LogP) is 2.45. The molecule has 0 amide bonds. The van der Waals surface area contributed by atoms with Gasteiger partial charge in [0, 0.05) is 39.4 Å². The number of fused-ring (bicyclic) bond motifs is 1. The van der Waals surface area contributed by atoms with Crippen LogP contribution < -0.4 is 14.8 Å². The summed E-state index contributed by atoms with van der Waals surface area (Å²) in [5.74, 6) is 2.55. The maximum atomic E-state index is 5.44. The minimum Gasteiger partial charge on any atom is -0.493 e. The summed E-state index contributed by atoms with van der Waals surface area (Å²) in [4.78, 5) is 7.06. The number of benzene rings is 1. The molecule has 0 fully saturated rings. The van der Waals surface area contributed by atoms with Crippen molar-refractivity contribution < 1.29 is 14.2 Å². The second kappa shape index (κ2) is 10.1. The highest BCUT2D eigenvalue weighted by Gasteiger charge is 2.21. The maximum Gasteiger partial charge on any atom is 0.194 e. The Morgan fingerprint density at radius 2 is 1.88 bits per heavy atom. The van der Waals surface area contributed by atoms with E-state index in [1.807, 2.05) is 6.92 Å². The van der Waals surface area contributed by atoms with Crippen molar-refractivity contribution in [2.75, 3.05) is 47.1 Å². The van der Waals surface area contributed by atoms with Gasteiger partial charge in [-0.2, -0.15) is 0 Å². The van der Waals surface area contributed by atoms with E-state index in [1.165, 1.54) is 11.1 Å². The van der Waals surface area contributed by atoms with Gasteiger partial charge in [0.15, 0.2) is 17.5 Å². The summed E-state index contributed by atoms with van der Waals surface area (Å²) in [5.41, 5.74) is 2.59. The van der Waals surface area contributed by atoms with Crippen molar-refractivity contribution in [1.29, 1.82) is 0 Å². The van der Waals surface area contributed by atoms with Gasteiger partial charge in [-0.1, -0.05) is 0 Å². The van der Waals surface area contributed by atoms with Gasteiger partial charge in [-0.25, -0.2) is 0 Å². The summed E-state index contributed by atoms with van der Waals surface area (Å²) in [6, 6.07) is 4.18. The lowest BCUT2D eigenvalue weighted by molar-refractivity contribution is 0.146. The highest BCUT2D eigenvalue weighted by molar-refractivity contribution is 5.80. The molecular weight excluding hydrogens is 318 g/mol. The molecule has 6 nitrogen and oxygen atoms in total. The Bertz CT molecular complexity index is 575. The molecule has 0 unspecified atom stereocenters. The molecule has 0 saturated heterocycles. The number of rotatable bonds is 8. The van der Waals surface area contributed by atoms with Gasteiger partial charge >= 0.3 is 0 Å². The number of methoxy groups -OCH3 is 2. The predicted molar refractivity (Wildman–Crippen MR) is 101 cm³/mol. The van der Waals surface area contributed by atoms with Crippen molar-refractivity contribution in [3.8, 4) is 11.5 Å². The van der Waals surface area contributed by atoms with Crippen molar-refractivity contribution in [2.45, 2.75) is 33.2 Å². The van der Waals surface area contributed by atoms with Crippen LogP contribution in [0.15, 0.2) is 17.1 Å². The fourth-order valence-electron chi connectivity index (χ4n) is 2.99. The number of guanidine groups is 1. The molecule has 1 aliphatic rings. The monoisotopic (exact) mass is 349 g/mol. The van der Waals surface area contributed by atoms with Crippen LogP contribution >= 0.6 is 0 Å². The summed E-state index contributed by atoms with van der Waals surface area (Å²) in [6.07, 6.45) is 1.91. The number of hydrogen-bond acceptors (Lipinski definition) is 4. The molecule has 6 heteroatoms. The van der Waals surface area contributed by atoms with E-state index in [0.717, 1.165) is 69.7 Å². The number of hydrogen-bond donors (Lipinski definition) is 1. The van der Waals surface area contributed by atoms with Crippen LogP contribution in [0.2, 0.25) is 0 Å². The van der Waals surface area contributed by atoms with Gasteiger partial charge in [0.05, 0.1) is 14.2 Å². The lowest BCUT2D eigenvalue weighted by atomic mass is 9.99. The molecule has 1 aliphatic heterocycles. The number of aliphatic imine (C=N–C) groups is 1. The van der Waals surface area contributed by atoms with Crippen LogP contribution in [0.5, 0.6) is 11.5 Å². The standard InChI is InChI=1S/C19H31N3O3/c1-5-20-19(21-9-7-11-25-6-2)22-10-8-15-12-17(23-3)18(24-4)13-16(15)14-22/h12-13H,5-11,14H2,1-4H3,(H,20,21). The third kappa shape index (κ3) is 5.26. The average molecular weight is 349 g/mol. The first-order chi connectivity index (χ1) is 12.2. The highest BCUT2D eigenvalue weighted by Crippen LogP contribution is 2.33. The van der Waals surface area contributed by atoms with Crippen LogP contribution in [-0.4, -0.2) is 57.9 Å². The third-order valence-electron chi connectivity index (χ3n) is 4.26. The van der Waals surface area contributed by atoms with E-state index in [9.17, 15) is 0 Å². The van der Waals surface area contributed by atoms with E-state index in [1.54, 1.807) is 14.2 Å². The van der Waals surface area contributed by atoms with E-state index in [-0.39, 0.29) is 0 Å². The minimum atomic E-state index is 0.762. The summed E-state index contributed by atoms with van der Waals surface area (Å²) >= 11 is 0. The Kier molecular flexibility index (Phi) is 7.85. The molecule has 0 spiro atoms. The van der Waals surface area contributed by atoms with E-state index < -0.39 is 0 Å². The summed E-state index contributed by atoms with van der Waals surface area (Å²) in [5, 5.41) is 3.40. The Labute approximate surface area is 151 Å². The average Bonchev–Trinajstić information content (AvgIpc) is 2.65. The van der Waals surface area contributed by atoms with Crippen molar-refractivity contribution in [2.24, 2.45) is 4.99 Å². The largest absolute Gasteiger partial charge is 0.493 e. The molecule has 0 saturated carbocycles. The zero-order valence-corrected chi connectivity index (χ0v) is 15.9. The maximum absolute atomic E-state index is 5.44. The lowest BCUT2D eigenvalue weighted by Crippen LogP contribution is -2.44. The Morgan fingerprint density at radius 1 is 1.16 bits per heavy atom. The Balaban J connectivity index is 2.08. The summed E-state index contributed by atoms with van der Waals surface area (Å²) in [6.45, 7) is 9.05. The van der Waals surface area contributed by atoms with E-state index in [2.05, 4.69) is 29.3 Å². The van der Waals surface area contributed by atoms with Gasteiger partial charge in [-0.05, 0) is 49.9 Å². The molecule has 0 aliphatic carbocycles. The molecule has 1 N–H and O–H groups in total. The first-order valence-electron chi connectivity index (χ1n) is 9.08. The third-order valence-corrected chi connectivity index (χ3v) is 4.26. The van der Waals surface area contributed by atoms with Crippen LogP contribution in [-0.2, 0) is 17.7 Å². The van der Waals surface area contributed by atoms with Crippen molar-refractivity contribution in [3.63, 3.8) is 0 Å². The number of ether oxygens (including phenoxy) is 3. The molecule has 1 aromatic rings. The van der Waals surface area contributed by atoms with Gasteiger partial charge in [0.1, 0.15) is 0 Å². The highest BCUT2D eigenvalue weighted by atomic mass is 16.5. The van der Waals surface area contributed by atoms with E-state index >= 15 is 0 Å². The van der Waals surface area contributed by atoms with Gasteiger partial charge in [-0.3, -0.25) is 4.99 Å². The molecule has 2 rings (SSSR count). The van der Waals surface area contributed by atoms with Gasteiger partial charge in [-0.15, -0.1) is 0 Å². The molecule has 1 heterocycles. The normalized spacial score (nSPS) is 14.2. The first kappa shape index (κ1) is 19.4. The fourth-order valence-corrected chi connectivity index (χ4v) is 2.99. The molecule has 1 aromatic carbocycles. The minimum absolute atomic E-state index is 0.762. The van der Waals surface area contributed by atoms with E-state index in [4.69, 9.17) is 19.2 Å². The Hall–Kier alpha value is -1.95. The van der Waals surface area contributed by atoms with Crippen LogP contribution in [0.25, 0.3) is 0 Å². The zero-order valence-electron chi connectivity index (χ0n) is 15.9. The summed E-state index contributed by atoms with van der Waals surface area (Å²) in [7, 11) is 3.35. The molecule has 140 valence electrons. The fraction of sp³-hybridized carbons (Fsp3) is 0.632. The van der Waals surface area contributed by atoms with Crippen molar-refractivity contribution >= 4 is 5.96 Å². The van der Waals surface area contributed by atoms with Gasteiger partial charge in [0.25, 0.3) is 0 Å². The molecule has 0 aromatic heterocycles. The molecule has 0 bridgehead atoms. The van der Waals surface area contributed by atoms with Gasteiger partial charge in [0.2, 0.25) is 0 Å². The van der Waals surface area contributed by atoms with Crippen LogP contribution in [0.4, 0.5) is 0 Å². The second-order valence-electron chi connectivity index (χ2n) is 5.93. The van der Waals surface area contributed by atoms with Crippen LogP contribution in [0.1, 0.15) is 31.4 Å². The van der Waals surface area contributed by atoms with Crippen molar-refractivity contribution in [3.05, 3.63) is 23.3 Å². The molecule has 0 radical (unpaired) electrons. The summed E-state index contributed by atoms with van der Waals surface area (Å²) < 4.78 is 16.2. The Morgan fingerprint density at radius 3 is 2.52 bits per heavy atom. The molecule has 0 atom stereocenters. The first-order valence-corrected chi connectivity index (χ1v) is 9.08. The number of nitrogens with one attached hydrogen (secondary N) is 1. The lowest BCUT2D eigenvalue weighted by Gasteiger charge is -2.32. The van der Waals surface area contributed by atoms with Gasteiger partial charge < -0.3 is 24.4 Å². The molecule has 25 heavy (non-hydrogen) atoms. The van der Waals surface area contributed by atoms with Crippen LogP contribution in [0.3, 0.4) is 0 Å². The quantitative estimate of drug-likeness (QED) is 0.444. The molecular formula is C19H31N3O3. The van der Waals surface area contributed by atoms with E-state index in [0.29, 0.717) is 0 Å². The second-order valence-corrected chi connectivity index (χ2v) is 5.93. The topological polar surface area (TPSA) is 55.3 Å². The zero-order chi connectivity index (χ0) is 18.1. The number of nitrogens with zero attached hydrogens (tertiary/aromatic N) is 2.